The van der Waals surface area contributed by atoms with Gasteiger partial charge >= 0.3 is 5.97 Å². The first kappa shape index (κ1) is 11.5. The Morgan fingerprint density at radius 1 is 1.36 bits per heavy atom. The Morgan fingerprint density at radius 3 is 2.21 bits per heavy atom. The molecule has 0 saturated carbocycles. The number of carboxylic acids is 1. The highest BCUT2D eigenvalue weighted by atomic mass is 16.4. The summed E-state index contributed by atoms with van der Waals surface area (Å²) in [6, 6.07) is -0.289. The van der Waals surface area contributed by atoms with E-state index in [1.807, 2.05) is 13.8 Å². The van der Waals surface area contributed by atoms with Gasteiger partial charge in [-0.3, -0.25) is 9.69 Å². The zero-order valence-electron chi connectivity index (χ0n) is 9.36. The maximum absolute atomic E-state index is 11.1. The van der Waals surface area contributed by atoms with Crippen molar-refractivity contribution < 1.29 is 9.90 Å². The van der Waals surface area contributed by atoms with Crippen molar-refractivity contribution in [2.75, 3.05) is 13.1 Å². The molecule has 1 fully saturated rings. The summed E-state index contributed by atoms with van der Waals surface area (Å²) in [6.07, 6.45) is 2.27. The van der Waals surface area contributed by atoms with Crippen molar-refractivity contribution in [1.29, 1.82) is 0 Å². The van der Waals surface area contributed by atoms with E-state index in [4.69, 9.17) is 5.11 Å². The molecule has 1 atom stereocenters. The molecule has 1 N–H and O–H groups in total. The van der Waals surface area contributed by atoms with Gasteiger partial charge in [0.1, 0.15) is 6.04 Å². The first-order valence-electron chi connectivity index (χ1n) is 5.49. The average Bonchev–Trinajstić information content (AvgIpc) is 2.07. The molecule has 0 aromatic rings. The lowest BCUT2D eigenvalue weighted by Crippen LogP contribution is -2.48. The second kappa shape index (κ2) is 4.78. The first-order chi connectivity index (χ1) is 6.52. The van der Waals surface area contributed by atoms with E-state index in [1.54, 1.807) is 0 Å². The second-order valence-electron chi connectivity index (χ2n) is 4.75. The number of likely N-dealkylation sites (tertiary alicyclic amines) is 1. The van der Waals surface area contributed by atoms with E-state index in [0.717, 1.165) is 31.8 Å². The molecule has 0 aromatic heterocycles. The Kier molecular flexibility index (Phi) is 3.93. The molecule has 0 aliphatic carbocycles. The Hall–Kier alpha value is -0.570. The molecule has 3 nitrogen and oxygen atoms in total. The van der Waals surface area contributed by atoms with Crippen molar-refractivity contribution in [3.05, 3.63) is 0 Å². The minimum absolute atomic E-state index is 0.195. The highest BCUT2D eigenvalue weighted by Crippen LogP contribution is 2.21. The van der Waals surface area contributed by atoms with Crippen LogP contribution in [0, 0.1) is 11.8 Å². The van der Waals surface area contributed by atoms with E-state index in [2.05, 4.69) is 11.8 Å². The summed E-state index contributed by atoms with van der Waals surface area (Å²) in [4.78, 5) is 13.2. The Bertz CT molecular complexity index is 195. The van der Waals surface area contributed by atoms with Gasteiger partial charge < -0.3 is 5.11 Å². The van der Waals surface area contributed by atoms with Crippen LogP contribution in [0.15, 0.2) is 0 Å². The summed E-state index contributed by atoms with van der Waals surface area (Å²) >= 11 is 0. The molecular weight excluding hydrogens is 178 g/mol. The van der Waals surface area contributed by atoms with Crippen LogP contribution >= 0.6 is 0 Å². The van der Waals surface area contributed by atoms with E-state index < -0.39 is 5.97 Å². The fourth-order valence-electron chi connectivity index (χ4n) is 2.17. The van der Waals surface area contributed by atoms with Crippen molar-refractivity contribution in [3.63, 3.8) is 0 Å². The molecule has 0 spiro atoms. The maximum Gasteiger partial charge on any atom is 0.321 e. The average molecular weight is 199 g/mol. The molecule has 0 amide bonds. The van der Waals surface area contributed by atoms with E-state index in [9.17, 15) is 4.79 Å². The predicted molar refractivity (Wildman–Crippen MR) is 56.2 cm³/mol. The molecule has 0 aromatic carbocycles. The molecule has 0 unspecified atom stereocenters. The molecule has 0 radical (unpaired) electrons. The monoisotopic (exact) mass is 199 g/mol. The highest BCUT2D eigenvalue weighted by Gasteiger charge is 2.30. The Morgan fingerprint density at radius 2 is 1.86 bits per heavy atom. The van der Waals surface area contributed by atoms with Gasteiger partial charge in [0.05, 0.1) is 0 Å². The summed E-state index contributed by atoms with van der Waals surface area (Å²) in [5.74, 6) is 0.281. The van der Waals surface area contributed by atoms with Gasteiger partial charge in [-0.1, -0.05) is 20.8 Å². The topological polar surface area (TPSA) is 40.5 Å². The van der Waals surface area contributed by atoms with E-state index in [0.29, 0.717) is 0 Å². The lowest BCUT2D eigenvalue weighted by molar-refractivity contribution is -0.145. The lowest BCUT2D eigenvalue weighted by Gasteiger charge is -2.36. The van der Waals surface area contributed by atoms with Crippen molar-refractivity contribution in [2.45, 2.75) is 39.7 Å². The molecule has 3 heteroatoms. The molecule has 1 aliphatic heterocycles. The van der Waals surface area contributed by atoms with Crippen molar-refractivity contribution >= 4 is 5.97 Å². The van der Waals surface area contributed by atoms with Crippen LogP contribution in [0.2, 0.25) is 0 Å². The summed E-state index contributed by atoms with van der Waals surface area (Å²) in [5.41, 5.74) is 0. The van der Waals surface area contributed by atoms with Crippen molar-refractivity contribution in [2.24, 2.45) is 11.8 Å². The van der Waals surface area contributed by atoms with Gasteiger partial charge in [-0.2, -0.15) is 0 Å². The largest absolute Gasteiger partial charge is 0.480 e. The number of hydrogen-bond acceptors (Lipinski definition) is 2. The van der Waals surface area contributed by atoms with Crippen LogP contribution in [0.4, 0.5) is 0 Å². The summed E-state index contributed by atoms with van der Waals surface area (Å²) in [7, 11) is 0. The number of carboxylic acid groups (broad SMARTS) is 1. The zero-order valence-corrected chi connectivity index (χ0v) is 9.36. The molecule has 82 valence electrons. The zero-order chi connectivity index (χ0) is 10.7. The van der Waals surface area contributed by atoms with Crippen LogP contribution in [0.25, 0.3) is 0 Å². The molecule has 1 rings (SSSR count). The van der Waals surface area contributed by atoms with Gasteiger partial charge in [0.15, 0.2) is 0 Å². The second-order valence-corrected chi connectivity index (χ2v) is 4.75. The van der Waals surface area contributed by atoms with Gasteiger partial charge in [0, 0.05) is 0 Å². The quantitative estimate of drug-likeness (QED) is 0.754. The third-order valence-corrected chi connectivity index (χ3v) is 3.10. The standard InChI is InChI=1S/C11H21NO2/c1-8(2)10(11(13)14)12-6-4-9(3)5-7-12/h8-10H,4-7H2,1-3H3,(H,13,14)/t10-/m1/s1. The van der Waals surface area contributed by atoms with Gasteiger partial charge in [-0.05, 0) is 37.8 Å². The third-order valence-electron chi connectivity index (χ3n) is 3.10. The first-order valence-corrected chi connectivity index (χ1v) is 5.49. The molecule has 1 aliphatic rings. The van der Waals surface area contributed by atoms with Crippen molar-refractivity contribution in [1.82, 2.24) is 4.90 Å². The van der Waals surface area contributed by atoms with Crippen LogP contribution in [-0.2, 0) is 4.79 Å². The van der Waals surface area contributed by atoms with E-state index >= 15 is 0 Å². The molecule has 1 heterocycles. The highest BCUT2D eigenvalue weighted by molar-refractivity contribution is 5.73. The van der Waals surface area contributed by atoms with Crippen LogP contribution in [-0.4, -0.2) is 35.1 Å². The minimum atomic E-state index is -0.672. The van der Waals surface area contributed by atoms with Crippen LogP contribution in [0.1, 0.15) is 33.6 Å². The summed E-state index contributed by atoms with van der Waals surface area (Å²) in [6.45, 7) is 8.09. The SMILES string of the molecule is CC1CCN([C@@H](C(=O)O)C(C)C)CC1. The maximum atomic E-state index is 11.1. The normalized spacial score (nSPS) is 22.6. The number of rotatable bonds is 3. The minimum Gasteiger partial charge on any atom is -0.480 e. The van der Waals surface area contributed by atoms with Crippen LogP contribution in [0.3, 0.4) is 0 Å². The number of carbonyl (C=O) groups is 1. The number of hydrogen-bond donors (Lipinski definition) is 1. The Labute approximate surface area is 86.1 Å². The number of aliphatic carboxylic acids is 1. The molecule has 14 heavy (non-hydrogen) atoms. The van der Waals surface area contributed by atoms with E-state index in [1.165, 1.54) is 0 Å². The van der Waals surface area contributed by atoms with Crippen molar-refractivity contribution in [3.8, 4) is 0 Å². The number of piperidine rings is 1. The molecule has 0 bridgehead atoms. The van der Waals surface area contributed by atoms with E-state index in [-0.39, 0.29) is 12.0 Å². The lowest BCUT2D eigenvalue weighted by atomic mass is 9.94. The number of nitrogens with zero attached hydrogens (tertiary/aromatic N) is 1. The fraction of sp³-hybridized carbons (Fsp3) is 0.909. The van der Waals surface area contributed by atoms with Gasteiger partial charge in [0.2, 0.25) is 0 Å². The Balaban J connectivity index is 2.56. The summed E-state index contributed by atoms with van der Waals surface area (Å²) in [5, 5.41) is 9.12. The van der Waals surface area contributed by atoms with Crippen LogP contribution < -0.4 is 0 Å². The predicted octanol–water partition coefficient (Wildman–Crippen LogP) is 1.83. The van der Waals surface area contributed by atoms with Gasteiger partial charge in [-0.25, -0.2) is 0 Å². The van der Waals surface area contributed by atoms with Gasteiger partial charge in [-0.15, -0.1) is 0 Å². The fourth-order valence-corrected chi connectivity index (χ4v) is 2.17. The summed E-state index contributed by atoms with van der Waals surface area (Å²) < 4.78 is 0. The molecular formula is C11H21NO2. The van der Waals surface area contributed by atoms with Gasteiger partial charge in [0.25, 0.3) is 0 Å². The smallest absolute Gasteiger partial charge is 0.321 e. The van der Waals surface area contributed by atoms with Crippen LogP contribution in [0.5, 0.6) is 0 Å². The third kappa shape index (κ3) is 2.71. The molecule has 1 saturated heterocycles.